The Morgan fingerprint density at radius 2 is 1.90 bits per heavy atom. The van der Waals surface area contributed by atoms with Crippen molar-refractivity contribution in [2.45, 2.75) is 0 Å². The maximum atomic E-state index is 4.61. The Morgan fingerprint density at radius 3 is 2.76 bits per heavy atom. The Balaban J connectivity index is 2.02. The highest BCUT2D eigenvalue weighted by Gasteiger charge is 2.14. The molecular formula is C15H12N6. The van der Waals surface area contributed by atoms with Crippen LogP contribution in [0.15, 0.2) is 55.0 Å². The van der Waals surface area contributed by atoms with Crippen LogP contribution in [-0.4, -0.2) is 31.6 Å². The first-order chi connectivity index (χ1) is 10.3. The third-order valence-corrected chi connectivity index (χ3v) is 3.45. The summed E-state index contributed by atoms with van der Waals surface area (Å²) in [6.07, 6.45) is 3.44. The molecule has 21 heavy (non-hydrogen) atoms. The predicted molar refractivity (Wildman–Crippen MR) is 80.6 cm³/mol. The molecule has 0 aliphatic carbocycles. The fourth-order valence-electron chi connectivity index (χ4n) is 2.42. The molecule has 3 aromatic heterocycles. The van der Waals surface area contributed by atoms with Gasteiger partial charge in [-0.1, -0.05) is 18.2 Å². The lowest BCUT2D eigenvalue weighted by Crippen LogP contribution is -2.14. The highest BCUT2D eigenvalue weighted by molar-refractivity contribution is 5.92. The monoisotopic (exact) mass is 276 g/mol. The molecular weight excluding hydrogens is 264 g/mol. The molecule has 0 saturated heterocycles. The van der Waals surface area contributed by atoms with Gasteiger partial charge < -0.3 is 4.90 Å². The van der Waals surface area contributed by atoms with E-state index in [1.165, 1.54) is 0 Å². The predicted octanol–water partition coefficient (Wildman–Crippen LogP) is 2.44. The molecule has 0 saturated carbocycles. The molecule has 0 aliphatic rings. The molecule has 6 heteroatoms. The summed E-state index contributed by atoms with van der Waals surface area (Å²) in [6.45, 7) is 0. The molecule has 0 aliphatic heterocycles. The van der Waals surface area contributed by atoms with E-state index in [0.29, 0.717) is 5.78 Å². The minimum Gasteiger partial charge on any atom is -0.313 e. The third-order valence-electron chi connectivity index (χ3n) is 3.45. The van der Waals surface area contributed by atoms with Gasteiger partial charge in [-0.15, -0.1) is 10.2 Å². The van der Waals surface area contributed by atoms with Crippen LogP contribution in [0.1, 0.15) is 0 Å². The van der Waals surface area contributed by atoms with Gasteiger partial charge >= 0.3 is 0 Å². The molecule has 0 spiro atoms. The molecule has 3 heterocycles. The molecule has 102 valence electrons. The van der Waals surface area contributed by atoms with E-state index in [4.69, 9.17) is 0 Å². The van der Waals surface area contributed by atoms with E-state index in [-0.39, 0.29) is 0 Å². The minimum atomic E-state index is 0.575. The maximum absolute atomic E-state index is 4.61. The van der Waals surface area contributed by atoms with Crippen LogP contribution in [0, 0.1) is 0 Å². The zero-order chi connectivity index (χ0) is 14.2. The summed E-state index contributed by atoms with van der Waals surface area (Å²) in [5, 5.41) is 9.03. The summed E-state index contributed by atoms with van der Waals surface area (Å²) >= 11 is 0. The molecule has 0 amide bonds. The van der Waals surface area contributed by atoms with Crippen molar-refractivity contribution in [3.63, 3.8) is 0 Å². The van der Waals surface area contributed by atoms with Gasteiger partial charge in [0.1, 0.15) is 18.0 Å². The smallest absolute Gasteiger partial charge is 0.257 e. The van der Waals surface area contributed by atoms with Crippen LogP contribution in [-0.2, 0) is 0 Å². The summed E-state index contributed by atoms with van der Waals surface area (Å²) in [5.74, 6) is 2.22. The quantitative estimate of drug-likeness (QED) is 0.563. The number of para-hydroxylation sites is 1. The maximum Gasteiger partial charge on any atom is 0.257 e. The molecule has 0 fully saturated rings. The summed E-state index contributed by atoms with van der Waals surface area (Å²) in [4.78, 5) is 10.9. The Kier molecular flexibility index (Phi) is 2.53. The number of rotatable bonds is 2. The largest absolute Gasteiger partial charge is 0.313 e. The summed E-state index contributed by atoms with van der Waals surface area (Å²) in [6, 6.07) is 13.9. The van der Waals surface area contributed by atoms with Crippen LogP contribution in [0.4, 0.5) is 11.6 Å². The Hall–Kier alpha value is -3.02. The molecule has 0 unspecified atom stereocenters. The Morgan fingerprint density at radius 1 is 1.05 bits per heavy atom. The van der Waals surface area contributed by atoms with Gasteiger partial charge in [-0.05, 0) is 24.3 Å². The summed E-state index contributed by atoms with van der Waals surface area (Å²) in [7, 11) is 1.95. The summed E-state index contributed by atoms with van der Waals surface area (Å²) < 4.78 is 1.88. The van der Waals surface area contributed by atoms with Crippen molar-refractivity contribution in [2.24, 2.45) is 0 Å². The standard InChI is InChI=1S/C15H12N6/c1-20(13-8-4-5-9-16-13)14-11-6-2-3-7-12(11)21-10-17-19-15(21)18-14/h2-10H,1H3. The number of nitrogens with zero attached hydrogens (tertiary/aromatic N) is 6. The van der Waals surface area contributed by atoms with Gasteiger partial charge in [0, 0.05) is 18.6 Å². The van der Waals surface area contributed by atoms with E-state index in [1.54, 1.807) is 12.5 Å². The van der Waals surface area contributed by atoms with Crippen LogP contribution in [0.3, 0.4) is 0 Å². The van der Waals surface area contributed by atoms with E-state index in [0.717, 1.165) is 22.5 Å². The van der Waals surface area contributed by atoms with Crippen molar-refractivity contribution in [1.82, 2.24) is 24.6 Å². The normalized spacial score (nSPS) is 11.1. The van der Waals surface area contributed by atoms with Gasteiger partial charge in [-0.25, -0.2) is 4.98 Å². The van der Waals surface area contributed by atoms with E-state index < -0.39 is 0 Å². The molecule has 4 rings (SSSR count). The molecule has 0 bridgehead atoms. The fraction of sp³-hybridized carbons (Fsp3) is 0.0667. The average Bonchev–Trinajstić information content (AvgIpc) is 3.03. The average molecular weight is 276 g/mol. The molecule has 6 nitrogen and oxygen atoms in total. The van der Waals surface area contributed by atoms with Crippen molar-refractivity contribution < 1.29 is 0 Å². The van der Waals surface area contributed by atoms with E-state index >= 15 is 0 Å². The van der Waals surface area contributed by atoms with Crippen molar-refractivity contribution in [3.05, 3.63) is 55.0 Å². The topological polar surface area (TPSA) is 59.2 Å². The van der Waals surface area contributed by atoms with Gasteiger partial charge in [-0.3, -0.25) is 4.40 Å². The second kappa shape index (κ2) is 4.52. The summed E-state index contributed by atoms with van der Waals surface area (Å²) in [5.41, 5.74) is 1.02. The molecule has 0 radical (unpaired) electrons. The second-order valence-corrected chi connectivity index (χ2v) is 4.70. The van der Waals surface area contributed by atoms with Crippen LogP contribution < -0.4 is 4.90 Å². The Labute approximate surface area is 120 Å². The molecule has 0 atom stereocenters. The zero-order valence-corrected chi connectivity index (χ0v) is 11.4. The number of anilines is 2. The van der Waals surface area contributed by atoms with Crippen molar-refractivity contribution in [2.75, 3.05) is 11.9 Å². The number of hydrogen-bond donors (Lipinski definition) is 0. The highest BCUT2D eigenvalue weighted by atomic mass is 15.3. The Bertz CT molecular complexity index is 915. The SMILES string of the molecule is CN(c1ccccn1)c1nc2nncn2c2ccccc12. The van der Waals surface area contributed by atoms with Crippen molar-refractivity contribution in [1.29, 1.82) is 0 Å². The number of aromatic nitrogens is 5. The van der Waals surface area contributed by atoms with Crippen molar-refractivity contribution in [3.8, 4) is 0 Å². The van der Waals surface area contributed by atoms with Gasteiger partial charge in [0.15, 0.2) is 0 Å². The highest BCUT2D eigenvalue weighted by Crippen LogP contribution is 2.28. The van der Waals surface area contributed by atoms with Crippen molar-refractivity contribution >= 4 is 28.3 Å². The number of hydrogen-bond acceptors (Lipinski definition) is 5. The van der Waals surface area contributed by atoms with Gasteiger partial charge in [0.05, 0.1) is 5.52 Å². The van der Waals surface area contributed by atoms with Crippen LogP contribution in [0.2, 0.25) is 0 Å². The van der Waals surface area contributed by atoms with E-state index in [9.17, 15) is 0 Å². The zero-order valence-electron chi connectivity index (χ0n) is 11.4. The molecule has 0 N–H and O–H groups in total. The van der Waals surface area contributed by atoms with Gasteiger partial charge in [0.2, 0.25) is 0 Å². The molecule has 1 aromatic carbocycles. The van der Waals surface area contributed by atoms with Crippen LogP contribution in [0.25, 0.3) is 16.7 Å². The molecule has 4 aromatic rings. The second-order valence-electron chi connectivity index (χ2n) is 4.70. The lowest BCUT2D eigenvalue weighted by molar-refractivity contribution is 1.06. The number of benzene rings is 1. The fourth-order valence-corrected chi connectivity index (χ4v) is 2.42. The number of pyridine rings is 1. The minimum absolute atomic E-state index is 0.575. The first-order valence-electron chi connectivity index (χ1n) is 6.58. The lowest BCUT2D eigenvalue weighted by atomic mass is 10.2. The van der Waals surface area contributed by atoms with E-state index in [2.05, 4.69) is 20.2 Å². The number of fused-ring (bicyclic) bond motifs is 3. The van der Waals surface area contributed by atoms with E-state index in [1.807, 2.05) is 58.8 Å². The van der Waals surface area contributed by atoms with Gasteiger partial charge in [-0.2, -0.15) is 4.98 Å². The first-order valence-corrected chi connectivity index (χ1v) is 6.58. The van der Waals surface area contributed by atoms with Crippen LogP contribution >= 0.6 is 0 Å². The lowest BCUT2D eigenvalue weighted by Gasteiger charge is -2.19. The first kappa shape index (κ1) is 11.8. The van der Waals surface area contributed by atoms with Gasteiger partial charge in [0.25, 0.3) is 5.78 Å². The van der Waals surface area contributed by atoms with Crippen LogP contribution in [0.5, 0.6) is 0 Å². The third kappa shape index (κ3) is 1.80.